The Kier molecular flexibility index (Phi) is 3.82. The Hall–Kier alpha value is -0.0800. The lowest BCUT2D eigenvalue weighted by Crippen LogP contribution is -2.37. The van der Waals surface area contributed by atoms with Gasteiger partial charge < -0.3 is 10.1 Å². The molecule has 0 heterocycles. The Labute approximate surface area is 57.6 Å². The predicted molar refractivity (Wildman–Crippen MR) is 39.6 cm³/mol. The molecule has 0 amide bonds. The monoisotopic (exact) mass is 131 g/mol. The van der Waals surface area contributed by atoms with E-state index in [1.165, 1.54) is 0 Å². The second-order valence-corrected chi connectivity index (χ2v) is 2.54. The Morgan fingerprint density at radius 1 is 1.56 bits per heavy atom. The molecule has 0 aliphatic rings. The molecule has 0 radical (unpaired) electrons. The van der Waals surface area contributed by atoms with Gasteiger partial charge in [-0.3, -0.25) is 0 Å². The van der Waals surface area contributed by atoms with Crippen LogP contribution in [0.3, 0.4) is 0 Å². The van der Waals surface area contributed by atoms with Gasteiger partial charge in [-0.25, -0.2) is 0 Å². The van der Waals surface area contributed by atoms with Gasteiger partial charge in [0.15, 0.2) is 0 Å². The number of rotatable bonds is 4. The van der Waals surface area contributed by atoms with E-state index in [9.17, 15) is 0 Å². The van der Waals surface area contributed by atoms with Gasteiger partial charge in [0.05, 0.1) is 5.60 Å². The fourth-order valence-corrected chi connectivity index (χ4v) is 0.715. The number of hydrogen-bond donors (Lipinski definition) is 1. The van der Waals surface area contributed by atoms with Crippen LogP contribution in [0.2, 0.25) is 0 Å². The maximum Gasteiger partial charge on any atom is 0.0771 e. The summed E-state index contributed by atoms with van der Waals surface area (Å²) < 4.78 is 5.26. The molecule has 1 N–H and O–H groups in total. The second-order valence-electron chi connectivity index (χ2n) is 2.54. The van der Waals surface area contributed by atoms with Gasteiger partial charge in [0, 0.05) is 13.7 Å². The van der Waals surface area contributed by atoms with Crippen LogP contribution in [0.1, 0.15) is 20.3 Å². The van der Waals surface area contributed by atoms with Gasteiger partial charge in [0.25, 0.3) is 0 Å². The molecule has 0 saturated carbocycles. The van der Waals surface area contributed by atoms with Gasteiger partial charge in [-0.15, -0.1) is 0 Å². The molecule has 0 aromatic rings. The van der Waals surface area contributed by atoms with Crippen molar-refractivity contribution < 1.29 is 4.74 Å². The van der Waals surface area contributed by atoms with Crippen LogP contribution in [0.25, 0.3) is 0 Å². The van der Waals surface area contributed by atoms with Crippen LogP contribution in [0, 0.1) is 0 Å². The van der Waals surface area contributed by atoms with Crippen molar-refractivity contribution in [1.29, 1.82) is 0 Å². The molecule has 0 saturated heterocycles. The molecule has 2 heteroatoms. The maximum atomic E-state index is 5.26. The van der Waals surface area contributed by atoms with Gasteiger partial charge in [0.1, 0.15) is 0 Å². The molecule has 1 unspecified atom stereocenters. The molecule has 0 aliphatic carbocycles. The lowest BCUT2D eigenvalue weighted by Gasteiger charge is -2.25. The molecule has 0 aromatic carbocycles. The molecule has 0 aromatic heterocycles. The average Bonchev–Trinajstić information content (AvgIpc) is 1.89. The molecule has 0 aliphatic heterocycles. The van der Waals surface area contributed by atoms with Crippen molar-refractivity contribution in [2.24, 2.45) is 0 Å². The standard InChI is InChI=1S/C7H17NO/c1-5-7(2,9-4)6-8-3/h8H,5-6H2,1-4H3. The van der Waals surface area contributed by atoms with Crippen molar-refractivity contribution in [2.75, 3.05) is 20.7 Å². The second kappa shape index (κ2) is 3.85. The maximum absolute atomic E-state index is 5.26. The first-order chi connectivity index (χ1) is 4.18. The van der Waals surface area contributed by atoms with Gasteiger partial charge in [0.2, 0.25) is 0 Å². The minimum Gasteiger partial charge on any atom is -0.377 e. The van der Waals surface area contributed by atoms with Crippen molar-refractivity contribution in [2.45, 2.75) is 25.9 Å². The average molecular weight is 131 g/mol. The third-order valence-corrected chi connectivity index (χ3v) is 1.79. The van der Waals surface area contributed by atoms with Gasteiger partial charge in [-0.2, -0.15) is 0 Å². The summed E-state index contributed by atoms with van der Waals surface area (Å²) in [5.74, 6) is 0. The Morgan fingerprint density at radius 3 is 2.22 bits per heavy atom. The van der Waals surface area contributed by atoms with Crippen LogP contribution in [-0.4, -0.2) is 26.3 Å². The van der Waals surface area contributed by atoms with Crippen LogP contribution in [0.4, 0.5) is 0 Å². The smallest absolute Gasteiger partial charge is 0.0771 e. The molecular weight excluding hydrogens is 114 g/mol. The number of methoxy groups -OCH3 is 1. The summed E-state index contributed by atoms with van der Waals surface area (Å²) in [6.07, 6.45) is 1.05. The molecule has 0 bridgehead atoms. The van der Waals surface area contributed by atoms with E-state index in [-0.39, 0.29) is 5.60 Å². The number of ether oxygens (including phenoxy) is 1. The third kappa shape index (κ3) is 2.82. The van der Waals surface area contributed by atoms with E-state index in [2.05, 4.69) is 19.2 Å². The summed E-state index contributed by atoms with van der Waals surface area (Å²) in [5, 5.41) is 3.09. The first-order valence-corrected chi connectivity index (χ1v) is 3.38. The number of hydrogen-bond acceptors (Lipinski definition) is 2. The van der Waals surface area contributed by atoms with Crippen LogP contribution in [-0.2, 0) is 4.74 Å². The lowest BCUT2D eigenvalue weighted by atomic mass is 10.0. The highest BCUT2D eigenvalue weighted by molar-refractivity contribution is 4.73. The van der Waals surface area contributed by atoms with Gasteiger partial charge in [-0.1, -0.05) is 6.92 Å². The highest BCUT2D eigenvalue weighted by atomic mass is 16.5. The summed E-state index contributed by atoms with van der Waals surface area (Å²) in [4.78, 5) is 0. The highest BCUT2D eigenvalue weighted by Gasteiger charge is 2.18. The summed E-state index contributed by atoms with van der Waals surface area (Å²) >= 11 is 0. The zero-order chi connectivity index (χ0) is 7.33. The SMILES string of the molecule is CCC(C)(CNC)OC. The Bertz CT molecular complexity index is 69.3. The summed E-state index contributed by atoms with van der Waals surface area (Å²) in [5.41, 5.74) is 0.0226. The Balaban J connectivity index is 3.62. The van der Waals surface area contributed by atoms with E-state index >= 15 is 0 Å². The van der Waals surface area contributed by atoms with E-state index in [0.29, 0.717) is 0 Å². The molecule has 0 fully saturated rings. The van der Waals surface area contributed by atoms with Crippen LogP contribution < -0.4 is 5.32 Å². The molecule has 0 rings (SSSR count). The largest absolute Gasteiger partial charge is 0.377 e. The summed E-state index contributed by atoms with van der Waals surface area (Å²) in [7, 11) is 3.69. The first kappa shape index (κ1) is 8.92. The van der Waals surface area contributed by atoms with Crippen molar-refractivity contribution in [3.63, 3.8) is 0 Å². The molecule has 9 heavy (non-hydrogen) atoms. The topological polar surface area (TPSA) is 21.3 Å². The van der Waals surface area contributed by atoms with E-state index in [0.717, 1.165) is 13.0 Å². The minimum atomic E-state index is 0.0226. The minimum absolute atomic E-state index is 0.0226. The molecular formula is C7H17NO. The molecule has 1 atom stereocenters. The van der Waals surface area contributed by atoms with Gasteiger partial charge >= 0.3 is 0 Å². The highest BCUT2D eigenvalue weighted by Crippen LogP contribution is 2.11. The zero-order valence-corrected chi connectivity index (χ0v) is 6.82. The third-order valence-electron chi connectivity index (χ3n) is 1.79. The lowest BCUT2D eigenvalue weighted by molar-refractivity contribution is 0.00521. The molecule has 2 nitrogen and oxygen atoms in total. The predicted octanol–water partition coefficient (Wildman–Crippen LogP) is 1.02. The van der Waals surface area contributed by atoms with Crippen LogP contribution in [0.15, 0.2) is 0 Å². The van der Waals surface area contributed by atoms with Crippen molar-refractivity contribution in [3.05, 3.63) is 0 Å². The van der Waals surface area contributed by atoms with E-state index in [4.69, 9.17) is 4.74 Å². The zero-order valence-electron chi connectivity index (χ0n) is 6.82. The summed E-state index contributed by atoms with van der Waals surface area (Å²) in [6.45, 7) is 5.14. The van der Waals surface area contributed by atoms with Crippen molar-refractivity contribution in [1.82, 2.24) is 5.32 Å². The van der Waals surface area contributed by atoms with Crippen molar-refractivity contribution >= 4 is 0 Å². The summed E-state index contributed by atoms with van der Waals surface area (Å²) in [6, 6.07) is 0. The van der Waals surface area contributed by atoms with Crippen LogP contribution >= 0.6 is 0 Å². The molecule has 0 spiro atoms. The normalized spacial score (nSPS) is 17.3. The first-order valence-electron chi connectivity index (χ1n) is 3.38. The van der Waals surface area contributed by atoms with Gasteiger partial charge in [-0.05, 0) is 20.4 Å². The fourth-order valence-electron chi connectivity index (χ4n) is 0.715. The van der Waals surface area contributed by atoms with Crippen molar-refractivity contribution in [3.8, 4) is 0 Å². The number of nitrogens with one attached hydrogen (secondary N) is 1. The molecule has 56 valence electrons. The fraction of sp³-hybridized carbons (Fsp3) is 1.00. The number of likely N-dealkylation sites (N-methyl/N-ethyl adjacent to an activating group) is 1. The van der Waals surface area contributed by atoms with E-state index < -0.39 is 0 Å². The Morgan fingerprint density at radius 2 is 2.11 bits per heavy atom. The van der Waals surface area contributed by atoms with E-state index in [1.807, 2.05) is 7.05 Å². The van der Waals surface area contributed by atoms with Crippen LogP contribution in [0.5, 0.6) is 0 Å². The quantitative estimate of drug-likeness (QED) is 0.615. The van der Waals surface area contributed by atoms with E-state index in [1.54, 1.807) is 7.11 Å².